The second kappa shape index (κ2) is 24.6. The number of fused-ring (bicyclic) bond motifs is 6. The molecule has 98 heavy (non-hydrogen) atoms. The Morgan fingerprint density at radius 3 is 1.05 bits per heavy atom. The molecule has 0 aliphatic heterocycles. The summed E-state index contributed by atoms with van der Waals surface area (Å²) in [7, 11) is 0. The summed E-state index contributed by atoms with van der Waals surface area (Å²) >= 11 is 0. The van der Waals surface area contributed by atoms with Gasteiger partial charge in [-0.05, 0) is 175 Å². The smallest absolute Gasteiger partial charge is 0.194 e. The highest BCUT2D eigenvalue weighted by atomic mass is 15.1. The van der Waals surface area contributed by atoms with Gasteiger partial charge in [-0.25, -0.2) is 19.8 Å². The van der Waals surface area contributed by atoms with Gasteiger partial charge in [0.15, 0.2) is 23.2 Å². The van der Waals surface area contributed by atoms with Crippen LogP contribution in [0.2, 0.25) is 0 Å². The molecule has 0 radical (unpaired) electrons. The number of nitriles is 2. The van der Waals surface area contributed by atoms with Crippen molar-refractivity contribution in [2.24, 2.45) is 0 Å². The molecule has 0 saturated carbocycles. The molecule has 3 heterocycles. The first-order valence-electron chi connectivity index (χ1n) is 32.4. The highest BCUT2D eigenvalue weighted by Crippen LogP contribution is 2.45. The van der Waals surface area contributed by atoms with Gasteiger partial charge in [0, 0.05) is 38.2 Å². The Hall–Kier alpha value is -13.8. The molecule has 0 spiro atoms. The lowest BCUT2D eigenvalue weighted by Crippen LogP contribution is -2.06. The van der Waals surface area contributed by atoms with Gasteiger partial charge in [-0.3, -0.25) is 0 Å². The second-order valence-electron chi connectivity index (χ2n) is 24.4. The van der Waals surface area contributed by atoms with E-state index in [0.29, 0.717) is 45.4 Å². The predicted octanol–water partition coefficient (Wildman–Crippen LogP) is 23.0. The van der Waals surface area contributed by atoms with Gasteiger partial charge in [0.1, 0.15) is 0 Å². The Morgan fingerprint density at radius 1 is 0.265 bits per heavy atom. The van der Waals surface area contributed by atoms with E-state index in [1.54, 1.807) is 0 Å². The third-order valence-corrected chi connectivity index (χ3v) is 18.7. The first-order valence-corrected chi connectivity index (χ1v) is 32.4. The average molecular weight is 1250 g/mol. The quantitative estimate of drug-likeness (QED) is 0.113. The van der Waals surface area contributed by atoms with E-state index in [4.69, 9.17) is 21.5 Å². The van der Waals surface area contributed by atoms with Gasteiger partial charge in [-0.2, -0.15) is 10.5 Å². The first-order chi connectivity index (χ1) is 48.4. The first kappa shape index (κ1) is 58.0. The molecule has 0 aliphatic rings. The van der Waals surface area contributed by atoms with Crippen molar-refractivity contribution in [1.29, 1.82) is 10.5 Å². The summed E-state index contributed by atoms with van der Waals surface area (Å²) in [4.78, 5) is 21.2. The Labute approximate surface area is 566 Å². The molecule has 0 unspecified atom stereocenters. The molecule has 0 saturated heterocycles. The summed E-state index contributed by atoms with van der Waals surface area (Å²) in [5, 5.41) is 24.9. The minimum absolute atomic E-state index is 0.386. The molecule has 0 bridgehead atoms. The Balaban J connectivity index is 0.977. The van der Waals surface area contributed by atoms with Gasteiger partial charge in [-0.15, -0.1) is 0 Å². The van der Waals surface area contributed by atoms with Crippen molar-refractivity contribution >= 4 is 49.3 Å². The largest absolute Gasteiger partial charge is 0.308 e. The van der Waals surface area contributed by atoms with Crippen molar-refractivity contribution in [2.75, 3.05) is 0 Å². The molecule has 8 nitrogen and oxygen atoms in total. The maximum absolute atomic E-state index is 10.8. The van der Waals surface area contributed by atoms with Crippen LogP contribution in [0.3, 0.4) is 0 Å². The van der Waals surface area contributed by atoms with Gasteiger partial charge in [0.25, 0.3) is 0 Å². The SMILES string of the molecule is [C-]#[N+]c1ccccc1-c1ccc(-n2c3ccc(-c4ccccc4)cc3c3cc(-c4ccccc4)ccc32)c(-c2nc(-c3cccc(-c4ccc(C#N)cc4)c3)nc(-c3cc(-c4ccccc4C#N)ccc3-n3c4ccc(-c5ccccc5)cc4c4cc(-c5ccccc5)ccc43)n2)c1. The summed E-state index contributed by atoms with van der Waals surface area (Å²) in [6.45, 7) is 8.43. The van der Waals surface area contributed by atoms with Gasteiger partial charge < -0.3 is 9.13 Å². The van der Waals surface area contributed by atoms with E-state index in [0.717, 1.165) is 138 Å². The van der Waals surface area contributed by atoms with Crippen LogP contribution in [0.4, 0.5) is 5.69 Å². The third kappa shape index (κ3) is 10.4. The van der Waals surface area contributed by atoms with E-state index in [1.807, 2.05) is 109 Å². The molecule has 0 amide bonds. The molecule has 17 aromatic rings. The van der Waals surface area contributed by atoms with Crippen LogP contribution in [0, 0.1) is 29.2 Å². The molecular formula is C90H54N8. The topological polar surface area (TPSA) is 100 Å². The van der Waals surface area contributed by atoms with E-state index < -0.39 is 0 Å². The summed E-state index contributed by atoms with van der Waals surface area (Å²) in [5.41, 5.74) is 23.1. The maximum atomic E-state index is 10.8. The van der Waals surface area contributed by atoms with Crippen LogP contribution in [0.15, 0.2) is 328 Å². The highest BCUT2D eigenvalue weighted by Gasteiger charge is 2.26. The van der Waals surface area contributed by atoms with E-state index in [9.17, 15) is 10.5 Å². The molecule has 8 heteroatoms. The number of nitrogens with zero attached hydrogens (tertiary/aromatic N) is 8. The average Bonchev–Trinajstić information content (AvgIpc) is 1.56. The Kier molecular flexibility index (Phi) is 14.5. The van der Waals surface area contributed by atoms with Crippen LogP contribution >= 0.6 is 0 Å². The fraction of sp³-hybridized carbons (Fsp3) is 0. The molecule has 0 aliphatic carbocycles. The third-order valence-electron chi connectivity index (χ3n) is 18.7. The minimum atomic E-state index is 0.386. The van der Waals surface area contributed by atoms with E-state index in [1.165, 1.54) is 0 Å². The zero-order valence-corrected chi connectivity index (χ0v) is 52.8. The number of aromatic nitrogens is 5. The minimum Gasteiger partial charge on any atom is -0.308 e. The van der Waals surface area contributed by atoms with Crippen LogP contribution in [0.25, 0.3) is 172 Å². The van der Waals surface area contributed by atoms with E-state index >= 15 is 0 Å². The zero-order chi connectivity index (χ0) is 65.6. The van der Waals surface area contributed by atoms with Crippen LogP contribution in [0.5, 0.6) is 0 Å². The summed E-state index contributed by atoms with van der Waals surface area (Å²) in [6, 6.07) is 118. The lowest BCUT2D eigenvalue weighted by Gasteiger charge is -2.19. The molecule has 3 aromatic heterocycles. The number of para-hydroxylation sites is 1. The Morgan fingerprint density at radius 2 is 0.612 bits per heavy atom. The van der Waals surface area contributed by atoms with Crippen molar-refractivity contribution < 1.29 is 0 Å². The zero-order valence-electron chi connectivity index (χ0n) is 52.8. The van der Waals surface area contributed by atoms with Crippen molar-refractivity contribution in [1.82, 2.24) is 24.1 Å². The van der Waals surface area contributed by atoms with Gasteiger partial charge >= 0.3 is 0 Å². The number of hydrogen-bond acceptors (Lipinski definition) is 5. The lowest BCUT2D eigenvalue weighted by atomic mass is 9.97. The molecule has 0 N–H and O–H groups in total. The number of hydrogen-bond donors (Lipinski definition) is 0. The second-order valence-corrected chi connectivity index (χ2v) is 24.4. The fourth-order valence-electron chi connectivity index (χ4n) is 13.9. The summed E-state index contributed by atoms with van der Waals surface area (Å²) in [6.07, 6.45) is 0. The Bertz CT molecular complexity index is 5610. The summed E-state index contributed by atoms with van der Waals surface area (Å²) < 4.78 is 4.66. The van der Waals surface area contributed by atoms with Crippen molar-refractivity contribution in [3.63, 3.8) is 0 Å². The van der Waals surface area contributed by atoms with Gasteiger partial charge in [-0.1, -0.05) is 231 Å². The van der Waals surface area contributed by atoms with Crippen molar-refractivity contribution in [3.05, 3.63) is 350 Å². The monoisotopic (exact) mass is 1250 g/mol. The van der Waals surface area contributed by atoms with E-state index in [2.05, 4.69) is 245 Å². The molecule has 17 rings (SSSR count). The van der Waals surface area contributed by atoms with Crippen LogP contribution in [-0.2, 0) is 0 Å². The fourth-order valence-corrected chi connectivity index (χ4v) is 13.9. The molecule has 0 atom stereocenters. The predicted molar refractivity (Wildman–Crippen MR) is 399 cm³/mol. The van der Waals surface area contributed by atoms with Crippen LogP contribution in [0.1, 0.15) is 11.1 Å². The standard InChI is InChI=1S/C90H54N8/c1-93-81-32-17-16-31-74(81)70-42-48-87(98-84-45-39-67(61-23-10-4-11-24-61)52-77(84)78-53-68(40-46-85(78)98)62-25-12-5-13-26-62)80(55-70)90-95-88(71-29-18-28-64(49-71)63-35-33-58(56-91)34-36-63)94-89(96-90)79-54-69(73-30-15-14-27-72(73)57-92)41-47-86(79)97-82-43-37-65(59-19-6-2-7-20-59)50-75(82)76-51-66(38-44-83(76)97)60-21-8-3-9-22-60/h2-55H. The lowest BCUT2D eigenvalue weighted by molar-refractivity contribution is 1.06. The van der Waals surface area contributed by atoms with E-state index in [-0.39, 0.29) is 0 Å². The normalized spacial score (nSPS) is 11.2. The van der Waals surface area contributed by atoms with Gasteiger partial charge in [0.2, 0.25) is 0 Å². The van der Waals surface area contributed by atoms with Crippen LogP contribution in [-0.4, -0.2) is 24.1 Å². The van der Waals surface area contributed by atoms with Gasteiger partial charge in [0.05, 0.1) is 63.3 Å². The van der Waals surface area contributed by atoms with Crippen LogP contribution < -0.4 is 0 Å². The molecule has 0 fully saturated rings. The number of benzene rings is 14. The van der Waals surface area contributed by atoms with Crippen molar-refractivity contribution in [2.45, 2.75) is 0 Å². The molecule has 454 valence electrons. The number of rotatable bonds is 12. The maximum Gasteiger partial charge on any atom is 0.194 e. The summed E-state index contributed by atoms with van der Waals surface area (Å²) in [5.74, 6) is 1.19. The highest BCUT2D eigenvalue weighted by molar-refractivity contribution is 6.14. The molecule has 14 aromatic carbocycles. The van der Waals surface area contributed by atoms with Crippen molar-refractivity contribution in [3.8, 4) is 136 Å². The molecular weight excluding hydrogens is 1190 g/mol.